The Morgan fingerprint density at radius 1 is 1.64 bits per heavy atom. The Labute approximate surface area is 69.2 Å². The largest absolute Gasteiger partial charge is 0.359 e. The minimum Gasteiger partial charge on any atom is -0.289 e. The first-order chi connectivity index (χ1) is 4.97. The van der Waals surface area contributed by atoms with Gasteiger partial charge >= 0.3 is 10.4 Å². The molecule has 60 valence electrons. The van der Waals surface area contributed by atoms with Crippen LogP contribution >= 0.6 is 15.9 Å². The van der Waals surface area contributed by atoms with E-state index >= 15 is 0 Å². The summed E-state index contributed by atoms with van der Waals surface area (Å²) in [7, 11) is 0. The van der Waals surface area contributed by atoms with E-state index in [0.29, 0.717) is 0 Å². The Bertz CT molecular complexity index is 252. The summed E-state index contributed by atoms with van der Waals surface area (Å²) in [6, 6.07) is 0. The zero-order valence-electron chi connectivity index (χ0n) is 5.17. The van der Waals surface area contributed by atoms with Gasteiger partial charge in [-0.25, -0.2) is 0 Å². The van der Waals surface area contributed by atoms with E-state index in [0.717, 1.165) is 0 Å². The summed E-state index contributed by atoms with van der Waals surface area (Å²) in [5, 5.41) is 12.0. The number of hydrogen-bond donors (Lipinski definition) is 1. The summed E-state index contributed by atoms with van der Waals surface area (Å²) < 4.78 is -1.94. The summed E-state index contributed by atoms with van der Waals surface area (Å²) in [6.07, 6.45) is -0.446. The van der Waals surface area contributed by atoms with Crippen molar-refractivity contribution in [1.82, 2.24) is 5.32 Å². The summed E-state index contributed by atoms with van der Waals surface area (Å²) in [6.45, 7) is 0. The lowest BCUT2D eigenvalue weighted by Gasteiger charge is -2.05. The molecule has 0 aromatic carbocycles. The second kappa shape index (κ2) is 2.26. The summed E-state index contributed by atoms with van der Waals surface area (Å²) >= 11 is 2.58. The number of nitrogens with zero attached hydrogens (tertiary/aromatic N) is 1. The van der Waals surface area contributed by atoms with Crippen LogP contribution in [0.4, 0.5) is 0 Å². The lowest BCUT2D eigenvalue weighted by atomic mass is 10.3. The fourth-order valence-electron chi connectivity index (χ4n) is 0.707. The number of imide groups is 1. The first-order valence-corrected chi connectivity index (χ1v) is 3.44. The molecule has 1 aliphatic rings. The molecule has 1 N–H and O–H groups in total. The van der Waals surface area contributed by atoms with Gasteiger partial charge in [-0.1, -0.05) is 0 Å². The smallest absolute Gasteiger partial charge is 0.289 e. The highest BCUT2D eigenvalue weighted by atomic mass is 79.9. The molecule has 0 spiro atoms. The van der Waals surface area contributed by atoms with Gasteiger partial charge in [0, 0.05) is 20.9 Å². The van der Waals surface area contributed by atoms with Crippen molar-refractivity contribution in [2.75, 3.05) is 0 Å². The van der Waals surface area contributed by atoms with Gasteiger partial charge in [-0.15, -0.1) is 0 Å². The highest BCUT2D eigenvalue weighted by Gasteiger charge is 2.56. The first-order valence-electron chi connectivity index (χ1n) is 2.64. The van der Waals surface area contributed by atoms with Crippen LogP contribution in [0, 0.1) is 10.1 Å². The zero-order chi connectivity index (χ0) is 8.65. The average Bonchev–Trinajstić information content (AvgIpc) is 2.08. The van der Waals surface area contributed by atoms with Crippen molar-refractivity contribution in [3.05, 3.63) is 10.1 Å². The number of carbonyl (C=O) groups excluding carboxylic acids is 2. The summed E-state index contributed by atoms with van der Waals surface area (Å²) in [4.78, 5) is 30.6. The zero-order valence-corrected chi connectivity index (χ0v) is 6.75. The van der Waals surface area contributed by atoms with E-state index in [1.54, 1.807) is 0 Å². The Morgan fingerprint density at radius 2 is 2.18 bits per heavy atom. The molecule has 1 atom stereocenters. The molecule has 1 unspecified atom stereocenters. The Morgan fingerprint density at radius 3 is 2.36 bits per heavy atom. The fourth-order valence-corrected chi connectivity index (χ4v) is 1.06. The van der Waals surface area contributed by atoms with Crippen molar-refractivity contribution in [3.63, 3.8) is 0 Å². The highest BCUT2D eigenvalue weighted by Crippen LogP contribution is 2.27. The van der Waals surface area contributed by atoms with Crippen molar-refractivity contribution in [1.29, 1.82) is 0 Å². The Kier molecular flexibility index (Phi) is 1.67. The second-order valence-corrected chi connectivity index (χ2v) is 3.38. The number of carbonyl (C=O) groups is 2. The lowest BCUT2D eigenvalue weighted by Crippen LogP contribution is -2.39. The predicted molar refractivity (Wildman–Crippen MR) is 36.4 cm³/mol. The van der Waals surface area contributed by atoms with Gasteiger partial charge < -0.3 is 0 Å². The molecule has 6 nitrogen and oxygen atoms in total. The number of rotatable bonds is 1. The maximum atomic E-state index is 10.7. The van der Waals surface area contributed by atoms with Crippen LogP contribution in [0.25, 0.3) is 0 Å². The van der Waals surface area contributed by atoms with Gasteiger partial charge in [0.25, 0.3) is 0 Å². The number of nitro groups is 1. The molecule has 2 amide bonds. The maximum absolute atomic E-state index is 10.7. The predicted octanol–water partition coefficient (Wildman–Crippen LogP) is -0.599. The molecular formula is C4H3BrN2O4. The molecule has 1 rings (SSSR count). The molecule has 1 fully saturated rings. The van der Waals surface area contributed by atoms with Gasteiger partial charge in [0.05, 0.1) is 0 Å². The van der Waals surface area contributed by atoms with Crippen LogP contribution in [0.5, 0.6) is 0 Å². The average molecular weight is 223 g/mol. The van der Waals surface area contributed by atoms with E-state index in [2.05, 4.69) is 15.9 Å². The third-order valence-electron chi connectivity index (χ3n) is 1.29. The quantitative estimate of drug-likeness (QED) is 0.211. The molecule has 0 saturated carbocycles. The van der Waals surface area contributed by atoms with E-state index in [1.807, 2.05) is 5.32 Å². The molecular weight excluding hydrogens is 220 g/mol. The topological polar surface area (TPSA) is 89.3 Å². The second-order valence-electron chi connectivity index (χ2n) is 2.07. The molecule has 11 heavy (non-hydrogen) atoms. The number of amides is 2. The normalized spacial score (nSPS) is 30.3. The van der Waals surface area contributed by atoms with Crippen molar-refractivity contribution < 1.29 is 14.5 Å². The van der Waals surface area contributed by atoms with Gasteiger partial charge in [-0.05, 0) is 0 Å². The van der Waals surface area contributed by atoms with Gasteiger partial charge in [0.1, 0.15) is 6.42 Å². The molecule has 7 heteroatoms. The number of alkyl halides is 1. The SMILES string of the molecule is O=C1CC(Br)([N+](=O)[O-])C(=O)N1. The highest BCUT2D eigenvalue weighted by molar-refractivity contribution is 9.10. The van der Waals surface area contributed by atoms with Crippen molar-refractivity contribution in [2.45, 2.75) is 10.9 Å². The summed E-state index contributed by atoms with van der Waals surface area (Å²) in [5.74, 6) is -1.55. The summed E-state index contributed by atoms with van der Waals surface area (Å²) in [5.41, 5.74) is 0. The van der Waals surface area contributed by atoms with Crippen molar-refractivity contribution in [3.8, 4) is 0 Å². The van der Waals surface area contributed by atoms with E-state index in [4.69, 9.17) is 0 Å². The van der Waals surface area contributed by atoms with Gasteiger partial charge in [0.15, 0.2) is 0 Å². The molecule has 0 radical (unpaired) electrons. The number of hydrogen-bond acceptors (Lipinski definition) is 4. The first kappa shape index (κ1) is 8.12. The fraction of sp³-hybridized carbons (Fsp3) is 0.500. The van der Waals surface area contributed by atoms with Gasteiger partial charge in [-0.3, -0.25) is 25.0 Å². The van der Waals surface area contributed by atoms with E-state index in [9.17, 15) is 19.7 Å². The molecule has 1 heterocycles. The monoisotopic (exact) mass is 222 g/mol. The number of nitrogens with one attached hydrogen (secondary N) is 1. The van der Waals surface area contributed by atoms with Crippen molar-refractivity contribution >= 4 is 27.7 Å². The van der Waals surface area contributed by atoms with E-state index in [-0.39, 0.29) is 0 Å². The van der Waals surface area contributed by atoms with Crippen LogP contribution < -0.4 is 5.32 Å². The van der Waals surface area contributed by atoms with Crippen LogP contribution in [0.2, 0.25) is 0 Å². The van der Waals surface area contributed by atoms with Crippen LogP contribution in [0.15, 0.2) is 0 Å². The van der Waals surface area contributed by atoms with Crippen LogP contribution in [-0.4, -0.2) is 21.2 Å². The molecule has 0 aromatic heterocycles. The molecule has 0 bridgehead atoms. The minimum atomic E-state index is -1.94. The van der Waals surface area contributed by atoms with Crippen molar-refractivity contribution in [2.24, 2.45) is 0 Å². The van der Waals surface area contributed by atoms with Crippen LogP contribution in [0.1, 0.15) is 6.42 Å². The molecule has 0 aliphatic carbocycles. The van der Waals surface area contributed by atoms with Crippen LogP contribution in [-0.2, 0) is 9.59 Å². The Hall–Kier alpha value is -0.980. The Balaban J connectivity index is 2.96. The van der Waals surface area contributed by atoms with Gasteiger partial charge in [-0.2, -0.15) is 0 Å². The standard InChI is InChI=1S/C4H3BrN2O4/c5-4(7(10)11)1-2(8)6-3(4)9/h1H2,(H,6,8,9). The van der Waals surface area contributed by atoms with Gasteiger partial charge in [0.2, 0.25) is 5.91 Å². The third-order valence-corrected chi connectivity index (χ3v) is 2.22. The maximum Gasteiger partial charge on any atom is 0.359 e. The molecule has 1 saturated heterocycles. The lowest BCUT2D eigenvalue weighted by molar-refractivity contribution is -0.516. The molecule has 1 aliphatic heterocycles. The number of halogens is 1. The van der Waals surface area contributed by atoms with E-state index < -0.39 is 27.6 Å². The third kappa shape index (κ3) is 1.11. The minimum absolute atomic E-state index is 0.446. The molecule has 0 aromatic rings. The van der Waals surface area contributed by atoms with E-state index in [1.165, 1.54) is 0 Å². The van der Waals surface area contributed by atoms with Crippen LogP contribution in [0.3, 0.4) is 0 Å².